The fourth-order valence-corrected chi connectivity index (χ4v) is 6.59. The predicted octanol–water partition coefficient (Wildman–Crippen LogP) is 6.42. The van der Waals surface area contributed by atoms with Crippen molar-refractivity contribution >= 4 is 35.1 Å². The molecule has 2 saturated heterocycles. The number of nitrogens with zero attached hydrogens (tertiary/aromatic N) is 2. The summed E-state index contributed by atoms with van der Waals surface area (Å²) < 4.78 is 5.93. The summed E-state index contributed by atoms with van der Waals surface area (Å²) in [6.45, 7) is 10.9. The summed E-state index contributed by atoms with van der Waals surface area (Å²) in [6.07, 6.45) is 0.913. The average Bonchev–Trinajstić information content (AvgIpc) is 2.84. The number of hydrogen-bond acceptors (Lipinski definition) is 4. The summed E-state index contributed by atoms with van der Waals surface area (Å²) in [5, 5.41) is 11.1. The highest BCUT2D eigenvalue weighted by Crippen LogP contribution is 2.52. The molecule has 0 aromatic heterocycles. The van der Waals surface area contributed by atoms with Crippen molar-refractivity contribution in [2.24, 2.45) is 5.41 Å². The Morgan fingerprint density at radius 2 is 1.82 bits per heavy atom. The minimum atomic E-state index is -1.06. The molecule has 2 aromatic carbocycles. The van der Waals surface area contributed by atoms with Crippen LogP contribution in [0.15, 0.2) is 48.5 Å². The third-order valence-electron chi connectivity index (χ3n) is 7.97. The topological polar surface area (TPSA) is 70.1 Å². The largest absolute Gasteiger partial charge is 0.481 e. The molecule has 0 saturated carbocycles. The lowest BCUT2D eigenvalue weighted by Gasteiger charge is -2.53. The lowest BCUT2D eigenvalue weighted by Crippen LogP contribution is -2.59. The number of ether oxygens (including phenoxy) is 1. The second kappa shape index (κ2) is 11.5. The van der Waals surface area contributed by atoms with Gasteiger partial charge < -0.3 is 14.7 Å². The highest BCUT2D eigenvalue weighted by atomic mass is 35.5. The van der Waals surface area contributed by atoms with E-state index >= 15 is 0 Å². The van der Waals surface area contributed by atoms with Gasteiger partial charge in [-0.3, -0.25) is 14.5 Å². The van der Waals surface area contributed by atoms with Gasteiger partial charge in [0.25, 0.3) is 0 Å². The van der Waals surface area contributed by atoms with E-state index in [1.165, 1.54) is 0 Å². The molecular formula is C30H38Cl2N2O4. The molecule has 6 nitrogen and oxygen atoms in total. The van der Waals surface area contributed by atoms with Crippen molar-refractivity contribution in [3.05, 3.63) is 69.7 Å². The molecule has 38 heavy (non-hydrogen) atoms. The first-order valence-electron chi connectivity index (χ1n) is 13.3. The standard InChI is InChI=1S/C30H38Cl2N2O4/c1-5-24(18-33-13-14-38-29(2,3)19-33)34-27(20-9-11-22(31)12-10-20)25(21-7-6-8-23(32)15-21)16-30(4,28(34)37)17-26(35)36/h6-12,15,24-25,27H,5,13-14,16-19H2,1-4H3,(H,35,36)/t24?,25?,27-,30-/m1/s1. The van der Waals surface area contributed by atoms with Crippen LogP contribution in [0.1, 0.15) is 70.0 Å². The molecule has 2 aliphatic heterocycles. The third kappa shape index (κ3) is 6.36. The van der Waals surface area contributed by atoms with E-state index < -0.39 is 11.4 Å². The summed E-state index contributed by atoms with van der Waals surface area (Å²) in [5.41, 5.74) is 0.651. The van der Waals surface area contributed by atoms with E-state index in [4.69, 9.17) is 27.9 Å². The van der Waals surface area contributed by atoms with Gasteiger partial charge in [-0.1, -0.05) is 61.3 Å². The van der Waals surface area contributed by atoms with E-state index in [-0.39, 0.29) is 35.9 Å². The van der Waals surface area contributed by atoms with Gasteiger partial charge in [0.05, 0.1) is 30.1 Å². The first-order valence-corrected chi connectivity index (χ1v) is 14.1. The Morgan fingerprint density at radius 3 is 2.42 bits per heavy atom. The molecule has 0 radical (unpaired) electrons. The van der Waals surface area contributed by atoms with E-state index in [2.05, 4.69) is 25.7 Å². The molecule has 2 unspecified atom stereocenters. The highest BCUT2D eigenvalue weighted by molar-refractivity contribution is 6.30. The maximum atomic E-state index is 14.4. The summed E-state index contributed by atoms with van der Waals surface area (Å²) in [7, 11) is 0. The van der Waals surface area contributed by atoms with E-state index in [9.17, 15) is 14.7 Å². The first kappa shape index (κ1) is 28.9. The first-order chi connectivity index (χ1) is 17.9. The van der Waals surface area contributed by atoms with Gasteiger partial charge in [-0.2, -0.15) is 0 Å². The summed E-state index contributed by atoms with van der Waals surface area (Å²) in [5.74, 6) is -1.23. The zero-order chi connectivity index (χ0) is 27.7. The summed E-state index contributed by atoms with van der Waals surface area (Å²) in [4.78, 5) is 30.8. The number of halogens is 2. The fraction of sp³-hybridized carbons (Fsp3) is 0.533. The maximum Gasteiger partial charge on any atom is 0.304 e. The predicted molar refractivity (Wildman–Crippen MR) is 151 cm³/mol. The van der Waals surface area contributed by atoms with Crippen LogP contribution in [0.5, 0.6) is 0 Å². The van der Waals surface area contributed by atoms with Gasteiger partial charge in [-0.25, -0.2) is 0 Å². The van der Waals surface area contributed by atoms with Crippen molar-refractivity contribution in [3.63, 3.8) is 0 Å². The molecule has 2 heterocycles. The normalized spacial score (nSPS) is 26.8. The molecular weight excluding hydrogens is 523 g/mol. The van der Waals surface area contributed by atoms with Crippen molar-refractivity contribution in [3.8, 4) is 0 Å². The van der Waals surface area contributed by atoms with Gasteiger partial charge in [0.1, 0.15) is 0 Å². The number of amides is 1. The van der Waals surface area contributed by atoms with Crippen molar-refractivity contribution < 1.29 is 19.4 Å². The number of aliphatic carboxylic acids is 1. The molecule has 1 amide bonds. The molecule has 2 fully saturated rings. The molecule has 4 atom stereocenters. The van der Waals surface area contributed by atoms with Crippen LogP contribution in [0.25, 0.3) is 0 Å². The summed E-state index contributed by atoms with van der Waals surface area (Å²) >= 11 is 12.7. The molecule has 8 heteroatoms. The Kier molecular flexibility index (Phi) is 8.78. The minimum absolute atomic E-state index is 0.113. The second-order valence-electron chi connectivity index (χ2n) is 11.6. The van der Waals surface area contributed by atoms with Crippen LogP contribution >= 0.6 is 23.2 Å². The fourth-order valence-electron chi connectivity index (χ4n) is 6.26. The highest BCUT2D eigenvalue weighted by Gasteiger charge is 2.52. The van der Waals surface area contributed by atoms with Gasteiger partial charge in [0.2, 0.25) is 5.91 Å². The number of likely N-dealkylation sites (tertiary alicyclic amines) is 1. The van der Waals surface area contributed by atoms with Crippen LogP contribution in [0.4, 0.5) is 0 Å². The minimum Gasteiger partial charge on any atom is -0.481 e. The van der Waals surface area contributed by atoms with E-state index in [0.717, 1.165) is 30.6 Å². The Bertz CT molecular complexity index is 1160. The van der Waals surface area contributed by atoms with Crippen molar-refractivity contribution in [1.82, 2.24) is 9.80 Å². The van der Waals surface area contributed by atoms with Gasteiger partial charge in [-0.15, -0.1) is 0 Å². The number of morpholine rings is 1. The van der Waals surface area contributed by atoms with Crippen LogP contribution < -0.4 is 0 Å². The number of carbonyl (C=O) groups is 2. The quantitative estimate of drug-likeness (QED) is 0.403. The maximum absolute atomic E-state index is 14.4. The van der Waals surface area contributed by atoms with Crippen LogP contribution in [0.2, 0.25) is 10.0 Å². The molecule has 0 spiro atoms. The van der Waals surface area contributed by atoms with Crippen LogP contribution in [-0.2, 0) is 14.3 Å². The van der Waals surface area contributed by atoms with E-state index in [0.29, 0.717) is 29.6 Å². The number of carboxylic acids is 1. The van der Waals surface area contributed by atoms with Crippen LogP contribution in [0.3, 0.4) is 0 Å². The molecule has 2 aliphatic rings. The smallest absolute Gasteiger partial charge is 0.304 e. The van der Waals surface area contributed by atoms with Crippen LogP contribution in [0, 0.1) is 5.41 Å². The Hall–Kier alpha value is -2.12. The number of rotatable bonds is 8. The SMILES string of the molecule is CCC(CN1CCOC(C)(C)C1)N1C(=O)[C@@](C)(CC(=O)O)CC(c2cccc(Cl)c2)[C@H]1c1ccc(Cl)cc1. The summed E-state index contributed by atoms with van der Waals surface area (Å²) in [6, 6.07) is 15.0. The zero-order valence-electron chi connectivity index (χ0n) is 22.6. The van der Waals surface area contributed by atoms with Crippen molar-refractivity contribution in [2.75, 3.05) is 26.2 Å². The lowest BCUT2D eigenvalue weighted by atomic mass is 9.67. The lowest BCUT2D eigenvalue weighted by molar-refractivity contribution is -0.162. The van der Waals surface area contributed by atoms with Crippen LogP contribution in [-0.4, -0.2) is 64.7 Å². The third-order valence-corrected chi connectivity index (χ3v) is 8.46. The number of carbonyl (C=O) groups excluding carboxylic acids is 1. The number of hydrogen-bond donors (Lipinski definition) is 1. The average molecular weight is 562 g/mol. The van der Waals surface area contributed by atoms with E-state index in [1.54, 1.807) is 6.92 Å². The molecule has 206 valence electrons. The number of carboxylic acid groups (broad SMARTS) is 1. The molecule has 1 N–H and O–H groups in total. The molecule has 0 aliphatic carbocycles. The molecule has 4 rings (SSSR count). The number of piperidine rings is 1. The molecule has 2 aromatic rings. The van der Waals surface area contributed by atoms with Gasteiger partial charge in [0, 0.05) is 41.6 Å². The van der Waals surface area contributed by atoms with E-state index in [1.807, 2.05) is 53.4 Å². The second-order valence-corrected chi connectivity index (χ2v) is 12.5. The van der Waals surface area contributed by atoms with Gasteiger partial charge in [0.15, 0.2) is 0 Å². The monoisotopic (exact) mass is 560 g/mol. The van der Waals surface area contributed by atoms with Crippen molar-refractivity contribution in [1.29, 1.82) is 0 Å². The number of benzene rings is 2. The van der Waals surface area contributed by atoms with Gasteiger partial charge >= 0.3 is 5.97 Å². The van der Waals surface area contributed by atoms with Crippen molar-refractivity contribution in [2.45, 2.75) is 70.6 Å². The molecule has 0 bridgehead atoms. The zero-order valence-corrected chi connectivity index (χ0v) is 24.1. The Labute approximate surface area is 235 Å². The Balaban J connectivity index is 1.83. The Morgan fingerprint density at radius 1 is 1.11 bits per heavy atom. The van der Waals surface area contributed by atoms with Gasteiger partial charge in [-0.05, 0) is 62.1 Å².